The van der Waals surface area contributed by atoms with Gasteiger partial charge in [0.25, 0.3) is 0 Å². The minimum Gasteiger partial charge on any atom is -0.501 e. The van der Waals surface area contributed by atoms with Gasteiger partial charge in [-0.1, -0.05) is 15.9 Å². The van der Waals surface area contributed by atoms with Crippen LogP contribution in [0.3, 0.4) is 0 Å². The maximum Gasteiger partial charge on any atom is 0.338 e. The van der Waals surface area contributed by atoms with Crippen molar-refractivity contribution in [2.45, 2.75) is 6.92 Å². The number of halogens is 1. The molecule has 1 rings (SSSR count). The molecule has 0 amide bonds. The zero-order valence-corrected chi connectivity index (χ0v) is 10.8. The number of carbonyl (C=O) groups is 1. The number of methoxy groups -OCH3 is 1. The zero-order chi connectivity index (χ0) is 12.0. The monoisotopic (exact) mass is 284 g/mol. The molecular weight excluding hydrogens is 272 g/mol. The third kappa shape index (κ3) is 3.38. The smallest absolute Gasteiger partial charge is 0.338 e. The quantitative estimate of drug-likeness (QED) is 0.629. The lowest BCUT2D eigenvalue weighted by molar-refractivity contribution is 0.0600. The van der Waals surface area contributed by atoms with Crippen LogP contribution in [0.15, 0.2) is 28.9 Å². The van der Waals surface area contributed by atoms with Crippen LogP contribution in [0.25, 0.3) is 6.08 Å². The van der Waals surface area contributed by atoms with Crippen molar-refractivity contribution in [2.24, 2.45) is 0 Å². The Labute approximate surface area is 103 Å². The van der Waals surface area contributed by atoms with Gasteiger partial charge in [0.15, 0.2) is 0 Å². The molecule has 1 aromatic carbocycles. The highest BCUT2D eigenvalue weighted by Gasteiger charge is 2.09. The first-order valence-corrected chi connectivity index (χ1v) is 5.64. The molecule has 3 nitrogen and oxygen atoms in total. The van der Waals surface area contributed by atoms with Gasteiger partial charge in [-0.3, -0.25) is 0 Å². The normalized spacial score (nSPS) is 10.4. The number of esters is 1. The average molecular weight is 285 g/mol. The molecule has 0 N–H and O–H groups in total. The fourth-order valence-electron chi connectivity index (χ4n) is 1.18. The minimum atomic E-state index is -0.358. The molecule has 0 saturated carbocycles. The standard InChI is InChI=1S/C12H13BrO3/c1-3-16-7-6-9-8-10(13)4-5-11(9)12(14)15-2/h4-8H,3H2,1-2H3/b7-6+. The SMILES string of the molecule is CCO/C=C/c1cc(Br)ccc1C(=O)OC. The van der Waals surface area contributed by atoms with Crippen LogP contribution in [0.4, 0.5) is 0 Å². The molecule has 0 aliphatic rings. The van der Waals surface area contributed by atoms with E-state index in [-0.39, 0.29) is 5.97 Å². The second-order valence-electron chi connectivity index (χ2n) is 2.98. The topological polar surface area (TPSA) is 35.5 Å². The fraction of sp³-hybridized carbons (Fsp3) is 0.250. The molecule has 1 aromatic rings. The Balaban J connectivity index is 3.03. The highest BCUT2D eigenvalue weighted by Crippen LogP contribution is 2.18. The molecule has 0 unspecified atom stereocenters. The van der Waals surface area contributed by atoms with E-state index in [1.807, 2.05) is 13.0 Å². The van der Waals surface area contributed by atoms with Crippen molar-refractivity contribution < 1.29 is 14.3 Å². The van der Waals surface area contributed by atoms with Crippen molar-refractivity contribution >= 4 is 28.0 Å². The van der Waals surface area contributed by atoms with Gasteiger partial charge >= 0.3 is 5.97 Å². The number of hydrogen-bond donors (Lipinski definition) is 0. The summed E-state index contributed by atoms with van der Waals surface area (Å²) < 4.78 is 10.7. The van der Waals surface area contributed by atoms with Gasteiger partial charge in [-0.2, -0.15) is 0 Å². The van der Waals surface area contributed by atoms with Gasteiger partial charge in [0, 0.05) is 4.47 Å². The Morgan fingerprint density at radius 1 is 1.50 bits per heavy atom. The van der Waals surface area contributed by atoms with Gasteiger partial charge in [0.1, 0.15) is 0 Å². The van der Waals surface area contributed by atoms with Gasteiger partial charge in [-0.25, -0.2) is 4.79 Å². The second kappa shape index (κ2) is 6.33. The Bertz CT molecular complexity index is 399. The van der Waals surface area contributed by atoms with Gasteiger partial charge in [-0.15, -0.1) is 0 Å². The van der Waals surface area contributed by atoms with Crippen molar-refractivity contribution in [3.63, 3.8) is 0 Å². The molecule has 0 aliphatic carbocycles. The van der Waals surface area contributed by atoms with E-state index in [9.17, 15) is 4.79 Å². The maximum atomic E-state index is 11.5. The third-order valence-corrected chi connectivity index (χ3v) is 2.42. The fourth-order valence-corrected chi connectivity index (χ4v) is 1.56. The van der Waals surface area contributed by atoms with E-state index in [1.165, 1.54) is 7.11 Å². The molecule has 0 fully saturated rings. The highest BCUT2D eigenvalue weighted by molar-refractivity contribution is 9.10. The minimum absolute atomic E-state index is 0.358. The van der Waals surface area contributed by atoms with E-state index in [0.29, 0.717) is 12.2 Å². The first-order chi connectivity index (χ1) is 7.69. The first-order valence-electron chi connectivity index (χ1n) is 4.85. The molecule has 0 aromatic heterocycles. The summed E-state index contributed by atoms with van der Waals surface area (Å²) in [7, 11) is 1.36. The molecule has 0 spiro atoms. The second-order valence-corrected chi connectivity index (χ2v) is 3.90. The Hall–Kier alpha value is -1.29. The molecule has 0 bridgehead atoms. The van der Waals surface area contributed by atoms with Crippen molar-refractivity contribution in [1.82, 2.24) is 0 Å². The van der Waals surface area contributed by atoms with Crippen molar-refractivity contribution in [2.75, 3.05) is 13.7 Å². The molecule has 16 heavy (non-hydrogen) atoms. The summed E-state index contributed by atoms with van der Waals surface area (Å²) in [6, 6.07) is 5.34. The lowest BCUT2D eigenvalue weighted by Gasteiger charge is -2.04. The lowest BCUT2D eigenvalue weighted by atomic mass is 10.1. The molecule has 0 radical (unpaired) electrons. The molecule has 0 heterocycles. The van der Waals surface area contributed by atoms with E-state index < -0.39 is 0 Å². The van der Waals surface area contributed by atoms with E-state index >= 15 is 0 Å². The molecular formula is C12H13BrO3. The van der Waals surface area contributed by atoms with Crippen LogP contribution in [0.2, 0.25) is 0 Å². The first kappa shape index (κ1) is 12.8. The van der Waals surface area contributed by atoms with Crippen LogP contribution in [0.5, 0.6) is 0 Å². The predicted octanol–water partition coefficient (Wildman–Crippen LogP) is 3.24. The molecule has 0 aliphatic heterocycles. The molecule has 86 valence electrons. The van der Waals surface area contributed by atoms with Crippen LogP contribution < -0.4 is 0 Å². The summed E-state index contributed by atoms with van der Waals surface area (Å²) in [6.07, 6.45) is 3.30. The summed E-state index contributed by atoms with van der Waals surface area (Å²) in [5, 5.41) is 0. The Morgan fingerprint density at radius 3 is 2.88 bits per heavy atom. The Kier molecular flexibility index (Phi) is 5.05. The number of benzene rings is 1. The van der Waals surface area contributed by atoms with E-state index in [1.54, 1.807) is 24.5 Å². The summed E-state index contributed by atoms with van der Waals surface area (Å²) in [6.45, 7) is 2.49. The lowest BCUT2D eigenvalue weighted by Crippen LogP contribution is -2.03. The molecule has 0 saturated heterocycles. The number of hydrogen-bond acceptors (Lipinski definition) is 3. The van der Waals surface area contributed by atoms with Crippen LogP contribution in [0, 0.1) is 0 Å². The average Bonchev–Trinajstić information content (AvgIpc) is 2.29. The molecule has 4 heteroatoms. The van der Waals surface area contributed by atoms with E-state index in [4.69, 9.17) is 9.47 Å². The number of rotatable bonds is 4. The van der Waals surface area contributed by atoms with Crippen molar-refractivity contribution in [3.05, 3.63) is 40.1 Å². The zero-order valence-electron chi connectivity index (χ0n) is 9.20. The van der Waals surface area contributed by atoms with Crippen LogP contribution >= 0.6 is 15.9 Å². The van der Waals surface area contributed by atoms with Crippen LogP contribution in [-0.4, -0.2) is 19.7 Å². The summed E-state index contributed by atoms with van der Waals surface area (Å²) >= 11 is 3.35. The van der Waals surface area contributed by atoms with Gasteiger partial charge in [0.05, 0.1) is 25.5 Å². The summed E-state index contributed by atoms with van der Waals surface area (Å²) in [5.74, 6) is -0.358. The molecule has 0 atom stereocenters. The number of ether oxygens (including phenoxy) is 2. The van der Waals surface area contributed by atoms with Gasteiger partial charge in [0.2, 0.25) is 0 Å². The summed E-state index contributed by atoms with van der Waals surface area (Å²) in [5.41, 5.74) is 1.27. The van der Waals surface area contributed by atoms with Crippen molar-refractivity contribution in [3.8, 4) is 0 Å². The van der Waals surface area contributed by atoms with Crippen LogP contribution in [-0.2, 0) is 9.47 Å². The van der Waals surface area contributed by atoms with Crippen molar-refractivity contribution in [1.29, 1.82) is 0 Å². The van der Waals surface area contributed by atoms with E-state index in [0.717, 1.165) is 10.0 Å². The van der Waals surface area contributed by atoms with E-state index in [2.05, 4.69) is 15.9 Å². The summed E-state index contributed by atoms with van der Waals surface area (Å²) in [4.78, 5) is 11.5. The predicted molar refractivity (Wildman–Crippen MR) is 66.1 cm³/mol. The maximum absolute atomic E-state index is 11.5. The van der Waals surface area contributed by atoms with Crippen LogP contribution in [0.1, 0.15) is 22.8 Å². The van der Waals surface area contributed by atoms with Gasteiger partial charge < -0.3 is 9.47 Å². The highest BCUT2D eigenvalue weighted by atomic mass is 79.9. The third-order valence-electron chi connectivity index (χ3n) is 1.93. The van der Waals surface area contributed by atoms with Gasteiger partial charge in [-0.05, 0) is 36.8 Å². The number of carbonyl (C=O) groups excluding carboxylic acids is 1. The Morgan fingerprint density at radius 2 is 2.25 bits per heavy atom. The largest absolute Gasteiger partial charge is 0.501 e.